The van der Waals surface area contributed by atoms with E-state index in [1.54, 1.807) is 173 Å². The molecule has 0 saturated heterocycles. The van der Waals surface area contributed by atoms with Gasteiger partial charge in [0, 0.05) is 0 Å². The SMILES string of the molecule is C1CC2CCC(C1)C2.C1CC2CCC1CC2.C1CC2CCCC2C1.C1CCC2CCC2C1.C1CCC2CCCC2C1.C1CCC2CCCCC2C1. The first kappa shape index (κ1) is 39.2. The van der Waals surface area contributed by atoms with Crippen molar-refractivity contribution >= 4 is 0 Å². The zero-order valence-electron chi connectivity index (χ0n) is 34.5. The Labute approximate surface area is 320 Å². The second kappa shape index (κ2) is 21.3. The van der Waals surface area contributed by atoms with E-state index in [2.05, 4.69) is 0 Å². The molecule has 13 aliphatic rings. The summed E-state index contributed by atoms with van der Waals surface area (Å²) in [5.41, 5.74) is 0. The minimum Gasteiger partial charge on any atom is -0.0530 e. The van der Waals surface area contributed by atoms with Gasteiger partial charge in [-0.2, -0.15) is 0 Å². The molecular formula is C51H90. The first-order valence-corrected chi connectivity index (χ1v) is 25.3. The van der Waals surface area contributed by atoms with E-state index in [1.807, 2.05) is 0 Å². The smallest absolute Gasteiger partial charge is 0.0386 e. The molecule has 13 rings (SSSR count). The molecule has 51 heavy (non-hydrogen) atoms. The Bertz CT molecular complexity index is 806. The van der Waals surface area contributed by atoms with Gasteiger partial charge in [0.1, 0.15) is 0 Å². The summed E-state index contributed by atoms with van der Waals surface area (Å²) in [5, 5.41) is 0. The molecule has 0 aromatic heterocycles. The molecule has 0 amide bonds. The molecular weight excluding hydrogens is 613 g/mol. The number of rotatable bonds is 0. The Hall–Kier alpha value is 0. The second-order valence-electron chi connectivity index (χ2n) is 21.5. The fourth-order valence-electron chi connectivity index (χ4n) is 14.9. The Morgan fingerprint density at radius 1 is 0.137 bits per heavy atom. The van der Waals surface area contributed by atoms with Crippen molar-refractivity contribution < 1.29 is 0 Å². The van der Waals surface area contributed by atoms with Crippen molar-refractivity contribution in [2.24, 2.45) is 71.0 Å². The molecule has 0 radical (unpaired) electrons. The van der Waals surface area contributed by atoms with E-state index in [0.717, 1.165) is 35.5 Å². The van der Waals surface area contributed by atoms with Crippen molar-refractivity contribution in [2.75, 3.05) is 0 Å². The van der Waals surface area contributed by atoms with E-state index >= 15 is 0 Å². The summed E-state index contributed by atoms with van der Waals surface area (Å²) in [7, 11) is 0. The summed E-state index contributed by atoms with van der Waals surface area (Å²) >= 11 is 0. The fourth-order valence-corrected chi connectivity index (χ4v) is 14.9. The van der Waals surface area contributed by atoms with Gasteiger partial charge in [-0.3, -0.25) is 0 Å². The second-order valence-corrected chi connectivity index (χ2v) is 21.5. The standard InChI is InChI=1S/C10H18.C9H16.4C8H14/c1-2-6-10-8-4-3-7-9(10)5-1;1-2-5-9-7-3-6-8(9)4-1;1-3-7-5-2-6-8(7)4-1;1-2-8-5-3-7(1)4-6-8;1-2-7-4-5-8(3-1)6-7;1-2-4-8-6-5-7(8)3-1/h9-10H,1-8H2;8-9H,1-7H2;4*7-8H,1-6H2. The predicted molar refractivity (Wildman–Crippen MR) is 222 cm³/mol. The van der Waals surface area contributed by atoms with E-state index in [4.69, 9.17) is 0 Å². The number of fused-ring (bicyclic) bond motifs is 9. The van der Waals surface area contributed by atoms with Crippen molar-refractivity contribution in [1.29, 1.82) is 0 Å². The van der Waals surface area contributed by atoms with E-state index in [-0.39, 0.29) is 0 Å². The minimum absolute atomic E-state index is 1.15. The molecule has 0 aromatic rings. The molecule has 13 fully saturated rings. The van der Waals surface area contributed by atoms with E-state index < -0.39 is 0 Å². The topological polar surface area (TPSA) is 0 Å². The zero-order valence-corrected chi connectivity index (χ0v) is 34.5. The van der Waals surface area contributed by atoms with Gasteiger partial charge in [-0.1, -0.05) is 231 Å². The molecule has 0 nitrogen and oxygen atoms in total. The van der Waals surface area contributed by atoms with Crippen molar-refractivity contribution in [3.05, 3.63) is 0 Å². The van der Waals surface area contributed by atoms with E-state index in [0.29, 0.717) is 0 Å². The van der Waals surface area contributed by atoms with E-state index in [1.165, 1.54) is 113 Å². The van der Waals surface area contributed by atoms with Crippen LogP contribution < -0.4 is 0 Å². The first-order valence-electron chi connectivity index (χ1n) is 25.3. The van der Waals surface area contributed by atoms with Crippen LogP contribution in [0, 0.1) is 71.0 Å². The van der Waals surface area contributed by atoms with Crippen LogP contribution in [0.5, 0.6) is 0 Å². The van der Waals surface area contributed by atoms with Gasteiger partial charge in [0.2, 0.25) is 0 Å². The fraction of sp³-hybridized carbons (Fsp3) is 1.00. The lowest BCUT2D eigenvalue weighted by Crippen LogP contribution is -2.28. The number of hydrogen-bond acceptors (Lipinski definition) is 0. The average Bonchev–Trinajstić information content (AvgIpc) is 4.01. The molecule has 0 spiro atoms. The van der Waals surface area contributed by atoms with Crippen molar-refractivity contribution in [3.8, 4) is 0 Å². The van der Waals surface area contributed by atoms with Gasteiger partial charge in [-0.15, -0.1) is 0 Å². The largest absolute Gasteiger partial charge is 0.0530 e. The van der Waals surface area contributed by atoms with Gasteiger partial charge in [0.15, 0.2) is 0 Å². The predicted octanol–water partition coefficient (Wildman–Crippen LogP) is 16.7. The van der Waals surface area contributed by atoms with Gasteiger partial charge in [-0.05, 0) is 90.3 Å². The minimum atomic E-state index is 1.15. The lowest BCUT2D eigenvalue weighted by Gasteiger charge is -2.40. The lowest BCUT2D eigenvalue weighted by molar-refractivity contribution is 0.115. The molecule has 6 unspecified atom stereocenters. The summed E-state index contributed by atoms with van der Waals surface area (Å²) in [5.74, 6) is 14.0. The highest BCUT2D eigenvalue weighted by atomic mass is 14.4. The Balaban J connectivity index is 0.0000000957. The number of hydrogen-bond donors (Lipinski definition) is 0. The summed E-state index contributed by atoms with van der Waals surface area (Å²) in [4.78, 5) is 0. The molecule has 6 atom stereocenters. The van der Waals surface area contributed by atoms with Gasteiger partial charge in [0.25, 0.3) is 0 Å². The Morgan fingerprint density at radius 2 is 0.333 bits per heavy atom. The highest BCUT2D eigenvalue weighted by Crippen LogP contribution is 2.46. The van der Waals surface area contributed by atoms with Crippen LogP contribution in [-0.2, 0) is 0 Å². The average molecular weight is 703 g/mol. The van der Waals surface area contributed by atoms with Crippen LogP contribution in [-0.4, -0.2) is 0 Å². The third kappa shape index (κ3) is 12.2. The molecule has 0 N–H and O–H groups in total. The van der Waals surface area contributed by atoms with Crippen LogP contribution in [0.25, 0.3) is 0 Å². The maximum Gasteiger partial charge on any atom is -0.0386 e. The monoisotopic (exact) mass is 703 g/mol. The van der Waals surface area contributed by atoms with Crippen LogP contribution in [0.15, 0.2) is 0 Å². The summed E-state index contributed by atoms with van der Waals surface area (Å²) in [6, 6.07) is 0. The Morgan fingerprint density at radius 3 is 0.529 bits per heavy atom. The third-order valence-electron chi connectivity index (χ3n) is 18.4. The summed E-state index contributed by atoms with van der Waals surface area (Å²) < 4.78 is 0. The van der Waals surface area contributed by atoms with Crippen molar-refractivity contribution in [3.63, 3.8) is 0 Å². The van der Waals surface area contributed by atoms with E-state index in [9.17, 15) is 0 Å². The lowest BCUT2D eigenvalue weighted by atomic mass is 9.66. The van der Waals surface area contributed by atoms with Gasteiger partial charge < -0.3 is 0 Å². The Kier molecular flexibility index (Phi) is 16.4. The van der Waals surface area contributed by atoms with Crippen LogP contribution in [0.1, 0.15) is 250 Å². The zero-order chi connectivity index (χ0) is 34.5. The highest BCUT2D eigenvalue weighted by molar-refractivity contribution is 4.85. The van der Waals surface area contributed by atoms with Crippen LogP contribution in [0.4, 0.5) is 0 Å². The quantitative estimate of drug-likeness (QED) is 0.236. The highest BCUT2D eigenvalue weighted by Gasteiger charge is 2.33. The summed E-state index contributed by atoms with van der Waals surface area (Å²) in [6.07, 6.45) is 60.5. The molecule has 0 heterocycles. The van der Waals surface area contributed by atoms with Gasteiger partial charge in [0.05, 0.1) is 0 Å². The normalized spacial score (nSPS) is 43.8. The molecule has 0 aliphatic heterocycles. The van der Waals surface area contributed by atoms with Crippen LogP contribution >= 0.6 is 0 Å². The molecule has 4 bridgehead atoms. The molecule has 13 saturated carbocycles. The molecule has 13 aliphatic carbocycles. The molecule has 0 aromatic carbocycles. The maximum absolute atomic E-state index is 1.58. The summed E-state index contributed by atoms with van der Waals surface area (Å²) in [6.45, 7) is 0. The van der Waals surface area contributed by atoms with Crippen molar-refractivity contribution in [2.45, 2.75) is 250 Å². The first-order chi connectivity index (χ1) is 25.3. The third-order valence-corrected chi connectivity index (χ3v) is 18.4. The van der Waals surface area contributed by atoms with Crippen LogP contribution in [0.3, 0.4) is 0 Å². The molecule has 0 heteroatoms. The van der Waals surface area contributed by atoms with Gasteiger partial charge >= 0.3 is 0 Å². The molecule has 294 valence electrons. The van der Waals surface area contributed by atoms with Crippen molar-refractivity contribution in [1.82, 2.24) is 0 Å². The van der Waals surface area contributed by atoms with Gasteiger partial charge in [-0.25, -0.2) is 0 Å². The maximum atomic E-state index is 1.58. The van der Waals surface area contributed by atoms with Crippen LogP contribution in [0.2, 0.25) is 0 Å².